The van der Waals surface area contributed by atoms with Gasteiger partial charge < -0.3 is 10.1 Å². The average Bonchev–Trinajstić information content (AvgIpc) is 2.82. The lowest BCUT2D eigenvalue weighted by atomic mass is 9.93. The van der Waals surface area contributed by atoms with Gasteiger partial charge in [0.1, 0.15) is 11.6 Å². The number of carbonyl (C=O) groups excluding carboxylic acids is 1. The highest BCUT2D eigenvalue weighted by Crippen LogP contribution is 2.22. The van der Waals surface area contributed by atoms with Crippen LogP contribution in [0.2, 0.25) is 5.02 Å². The highest BCUT2D eigenvalue weighted by molar-refractivity contribution is 6.31. The van der Waals surface area contributed by atoms with E-state index in [0.717, 1.165) is 6.54 Å². The van der Waals surface area contributed by atoms with Crippen molar-refractivity contribution < 1.29 is 13.9 Å². The summed E-state index contributed by atoms with van der Waals surface area (Å²) < 4.78 is 18.5. The number of rotatable bonds is 5. The maximum Gasteiger partial charge on any atom is 0.144 e. The summed E-state index contributed by atoms with van der Waals surface area (Å²) in [5.74, 6) is -0.520. The second kappa shape index (κ2) is 6.46. The third-order valence-electron chi connectivity index (χ3n) is 3.33. The van der Waals surface area contributed by atoms with E-state index in [-0.39, 0.29) is 30.0 Å². The number of likely N-dealkylation sites (N-methyl/N-ethyl adjacent to an activating group) is 1. The molecule has 0 aromatic heterocycles. The molecule has 1 saturated heterocycles. The molecule has 19 heavy (non-hydrogen) atoms. The van der Waals surface area contributed by atoms with Crippen LogP contribution in [0.3, 0.4) is 0 Å². The molecule has 0 amide bonds. The fourth-order valence-electron chi connectivity index (χ4n) is 2.33. The van der Waals surface area contributed by atoms with Gasteiger partial charge in [0.15, 0.2) is 0 Å². The molecule has 0 radical (unpaired) electrons. The largest absolute Gasteiger partial charge is 0.379 e. The van der Waals surface area contributed by atoms with E-state index >= 15 is 0 Å². The van der Waals surface area contributed by atoms with Crippen LogP contribution in [0.15, 0.2) is 18.2 Å². The smallest absolute Gasteiger partial charge is 0.144 e. The lowest BCUT2D eigenvalue weighted by Crippen LogP contribution is -2.39. The van der Waals surface area contributed by atoms with Crippen LogP contribution in [0.4, 0.5) is 4.39 Å². The molecule has 2 unspecified atom stereocenters. The Morgan fingerprint density at radius 1 is 1.53 bits per heavy atom. The fourth-order valence-corrected chi connectivity index (χ4v) is 2.52. The molecule has 0 aliphatic carbocycles. The van der Waals surface area contributed by atoms with Gasteiger partial charge in [0, 0.05) is 17.5 Å². The van der Waals surface area contributed by atoms with Gasteiger partial charge in [-0.25, -0.2) is 4.39 Å². The Bertz CT molecular complexity index is 467. The van der Waals surface area contributed by atoms with Crippen molar-refractivity contribution in [2.75, 3.05) is 19.8 Å². The Labute approximate surface area is 117 Å². The number of benzene rings is 1. The summed E-state index contributed by atoms with van der Waals surface area (Å²) in [6.45, 7) is 3.74. The molecule has 0 bridgehead atoms. The van der Waals surface area contributed by atoms with E-state index in [9.17, 15) is 9.18 Å². The number of carbonyl (C=O) groups is 1. The van der Waals surface area contributed by atoms with E-state index in [4.69, 9.17) is 16.3 Å². The molecule has 1 heterocycles. The van der Waals surface area contributed by atoms with E-state index in [1.165, 1.54) is 18.2 Å². The van der Waals surface area contributed by atoms with E-state index in [2.05, 4.69) is 5.32 Å². The molecule has 1 N–H and O–H groups in total. The maximum atomic E-state index is 13.2. The lowest BCUT2D eigenvalue weighted by molar-refractivity contribution is -0.122. The first-order valence-electron chi connectivity index (χ1n) is 6.39. The van der Waals surface area contributed by atoms with Crippen LogP contribution in [0.25, 0.3) is 0 Å². The van der Waals surface area contributed by atoms with Gasteiger partial charge in [-0.1, -0.05) is 18.5 Å². The third kappa shape index (κ3) is 3.53. The topological polar surface area (TPSA) is 38.3 Å². The van der Waals surface area contributed by atoms with Crippen LogP contribution in [0.5, 0.6) is 0 Å². The normalized spacial score (nSPS) is 22.7. The molecular weight excluding hydrogens is 269 g/mol. The molecule has 0 saturated carbocycles. The maximum absolute atomic E-state index is 13.2. The zero-order valence-electron chi connectivity index (χ0n) is 10.8. The molecule has 1 aliphatic rings. The Morgan fingerprint density at radius 3 is 3.05 bits per heavy atom. The molecule has 5 heteroatoms. The number of hydrogen-bond acceptors (Lipinski definition) is 3. The summed E-state index contributed by atoms with van der Waals surface area (Å²) >= 11 is 5.98. The highest BCUT2D eigenvalue weighted by Gasteiger charge is 2.33. The van der Waals surface area contributed by atoms with Crippen molar-refractivity contribution in [2.24, 2.45) is 5.92 Å². The molecular formula is C14H17ClFNO2. The Balaban J connectivity index is 2.06. The summed E-state index contributed by atoms with van der Waals surface area (Å²) in [5.41, 5.74) is 0.536. The van der Waals surface area contributed by atoms with Gasteiger partial charge in [0.25, 0.3) is 0 Å². The Morgan fingerprint density at radius 2 is 2.32 bits per heavy atom. The Hall–Kier alpha value is -0.970. The minimum Gasteiger partial charge on any atom is -0.379 e. The molecule has 0 spiro atoms. The molecule has 104 valence electrons. The molecule has 1 aromatic carbocycles. The van der Waals surface area contributed by atoms with E-state index in [0.29, 0.717) is 23.8 Å². The SMILES string of the molecule is CCNC1COCC1C(=O)Cc1cc(F)ccc1Cl. The summed E-state index contributed by atoms with van der Waals surface area (Å²) in [5, 5.41) is 3.66. The fraction of sp³-hybridized carbons (Fsp3) is 0.500. The van der Waals surface area contributed by atoms with Gasteiger partial charge >= 0.3 is 0 Å². The number of hydrogen-bond donors (Lipinski definition) is 1. The minimum absolute atomic E-state index is 0.0379. The van der Waals surface area contributed by atoms with Crippen LogP contribution >= 0.6 is 11.6 Å². The van der Waals surface area contributed by atoms with Gasteiger partial charge in [-0.3, -0.25) is 4.79 Å². The van der Waals surface area contributed by atoms with Gasteiger partial charge in [-0.05, 0) is 30.3 Å². The second-order valence-corrected chi connectivity index (χ2v) is 5.09. The van der Waals surface area contributed by atoms with E-state index in [1.54, 1.807) is 0 Å². The zero-order chi connectivity index (χ0) is 13.8. The zero-order valence-corrected chi connectivity index (χ0v) is 11.5. The first kappa shape index (κ1) is 14.4. The van der Waals surface area contributed by atoms with E-state index < -0.39 is 0 Å². The number of ketones is 1. The van der Waals surface area contributed by atoms with Crippen LogP contribution < -0.4 is 5.32 Å². The van der Waals surface area contributed by atoms with Gasteiger partial charge in [-0.2, -0.15) is 0 Å². The van der Waals surface area contributed by atoms with Crippen LogP contribution in [0, 0.1) is 11.7 Å². The van der Waals surface area contributed by atoms with Gasteiger partial charge in [-0.15, -0.1) is 0 Å². The first-order chi connectivity index (χ1) is 9.11. The van der Waals surface area contributed by atoms with E-state index in [1.807, 2.05) is 6.92 Å². The van der Waals surface area contributed by atoms with Crippen molar-refractivity contribution in [2.45, 2.75) is 19.4 Å². The second-order valence-electron chi connectivity index (χ2n) is 4.69. The van der Waals surface area contributed by atoms with Crippen LogP contribution in [-0.2, 0) is 16.0 Å². The Kier molecular flexibility index (Phi) is 4.91. The predicted molar refractivity (Wildman–Crippen MR) is 71.9 cm³/mol. The number of Topliss-reactive ketones (excluding diaryl/α,β-unsaturated/α-hetero) is 1. The molecule has 1 fully saturated rings. The molecule has 2 rings (SSSR count). The third-order valence-corrected chi connectivity index (χ3v) is 3.70. The average molecular weight is 286 g/mol. The van der Waals surface area contributed by atoms with Gasteiger partial charge in [0.2, 0.25) is 0 Å². The van der Waals surface area contributed by atoms with Crippen molar-refractivity contribution in [3.05, 3.63) is 34.6 Å². The summed E-state index contributed by atoms with van der Waals surface area (Å²) in [4.78, 5) is 12.3. The molecule has 2 atom stereocenters. The standard InChI is InChI=1S/C14H17ClFNO2/c1-2-17-13-8-19-7-11(13)14(18)6-9-5-10(16)3-4-12(9)15/h3-5,11,13,17H,2,6-8H2,1H3. The van der Waals surface area contributed by atoms with Gasteiger partial charge in [0.05, 0.1) is 19.1 Å². The summed E-state index contributed by atoms with van der Waals surface area (Å²) in [6, 6.07) is 4.13. The highest BCUT2D eigenvalue weighted by atomic mass is 35.5. The molecule has 3 nitrogen and oxygen atoms in total. The van der Waals surface area contributed by atoms with Crippen LogP contribution in [0.1, 0.15) is 12.5 Å². The van der Waals surface area contributed by atoms with Crippen LogP contribution in [-0.4, -0.2) is 31.6 Å². The van der Waals surface area contributed by atoms with Crippen molar-refractivity contribution in [3.8, 4) is 0 Å². The number of nitrogens with one attached hydrogen (secondary N) is 1. The molecule has 1 aliphatic heterocycles. The predicted octanol–water partition coefficient (Wildman–Crippen LogP) is 2.22. The van der Waals surface area contributed by atoms with Crippen molar-refractivity contribution >= 4 is 17.4 Å². The summed E-state index contributed by atoms with van der Waals surface area (Å²) in [7, 11) is 0. The number of ether oxygens (including phenoxy) is 1. The monoisotopic (exact) mass is 285 g/mol. The minimum atomic E-state index is -0.377. The quantitative estimate of drug-likeness (QED) is 0.901. The summed E-state index contributed by atoms with van der Waals surface area (Å²) in [6.07, 6.45) is 0.145. The van der Waals surface area contributed by atoms with Crippen molar-refractivity contribution in [1.29, 1.82) is 0 Å². The van der Waals surface area contributed by atoms with Crippen molar-refractivity contribution in [1.82, 2.24) is 5.32 Å². The number of halogens is 2. The lowest BCUT2D eigenvalue weighted by Gasteiger charge is -2.17. The molecule has 1 aromatic rings. The van der Waals surface area contributed by atoms with Crippen molar-refractivity contribution in [3.63, 3.8) is 0 Å². The first-order valence-corrected chi connectivity index (χ1v) is 6.77.